The van der Waals surface area contributed by atoms with Crippen LogP contribution in [0.15, 0.2) is 0 Å². The summed E-state index contributed by atoms with van der Waals surface area (Å²) in [5.74, 6) is 0. The van der Waals surface area contributed by atoms with Gasteiger partial charge in [-0.1, -0.05) is 51.9 Å². The van der Waals surface area contributed by atoms with Gasteiger partial charge in [0.15, 0.2) is 0 Å². The van der Waals surface area contributed by atoms with E-state index < -0.39 is 10.0 Å². The maximum Gasteiger partial charge on any atom is 0.148 e. The molecule has 16 heavy (non-hydrogen) atoms. The largest absolute Gasteiger partial charge is 0.291 e. The normalized spacial score (nSPS) is 12.9. The Morgan fingerprint density at radius 3 is 1.94 bits per heavy atom. The molecule has 4 heteroatoms. The van der Waals surface area contributed by atoms with Crippen molar-refractivity contribution in [3.8, 4) is 0 Å². The van der Waals surface area contributed by atoms with Gasteiger partial charge in [0.1, 0.15) is 10.0 Å². The highest BCUT2D eigenvalue weighted by molar-refractivity contribution is 8.23. The first-order chi connectivity index (χ1) is 7.81. The summed E-state index contributed by atoms with van der Waals surface area (Å²) in [6.07, 6.45) is 10.6. The first-order valence-corrected chi connectivity index (χ1v) is 8.49. The molecule has 0 N–H and O–H groups in total. The van der Waals surface area contributed by atoms with Crippen LogP contribution in [0.5, 0.6) is 0 Å². The fourth-order valence-electron chi connectivity index (χ4n) is 1.49. The van der Waals surface area contributed by atoms with Gasteiger partial charge in [-0.3, -0.25) is 8.37 Å². The highest BCUT2D eigenvalue weighted by Crippen LogP contribution is 2.08. The van der Waals surface area contributed by atoms with Crippen LogP contribution in [-0.4, -0.2) is 13.2 Å². The number of rotatable bonds is 12. The first kappa shape index (κ1) is 16.5. The van der Waals surface area contributed by atoms with E-state index in [0.717, 1.165) is 13.0 Å². The van der Waals surface area contributed by atoms with Crippen LogP contribution in [0, 0.1) is 0 Å². The molecule has 0 bridgehead atoms. The van der Waals surface area contributed by atoms with Gasteiger partial charge in [0.25, 0.3) is 0 Å². The van der Waals surface area contributed by atoms with Crippen LogP contribution in [0.25, 0.3) is 0 Å². The third-order valence-electron chi connectivity index (χ3n) is 2.39. The van der Waals surface area contributed by atoms with Gasteiger partial charge in [0.2, 0.25) is 0 Å². The van der Waals surface area contributed by atoms with E-state index in [4.69, 9.17) is 19.6 Å². The van der Waals surface area contributed by atoms with Crippen LogP contribution in [0.4, 0.5) is 0 Å². The van der Waals surface area contributed by atoms with Gasteiger partial charge in [-0.15, -0.1) is 0 Å². The fraction of sp³-hybridized carbons (Fsp3) is 1.00. The van der Waals surface area contributed by atoms with Gasteiger partial charge in [-0.25, -0.2) is 0 Å². The third kappa shape index (κ3) is 12.6. The Kier molecular flexibility index (Phi) is 14.0. The molecule has 0 aromatic carbocycles. The Balaban J connectivity index is 3.01. The minimum atomic E-state index is -0.698. The maximum atomic E-state index is 5.35. The molecule has 0 saturated heterocycles. The molecule has 0 amide bonds. The smallest absolute Gasteiger partial charge is 0.148 e. The average Bonchev–Trinajstić information content (AvgIpc) is 2.27. The molecule has 0 aliphatic heterocycles. The zero-order valence-electron chi connectivity index (χ0n) is 10.7. The van der Waals surface area contributed by atoms with Crippen molar-refractivity contribution in [3.63, 3.8) is 0 Å². The first-order valence-electron chi connectivity index (χ1n) is 6.49. The summed E-state index contributed by atoms with van der Waals surface area (Å²) in [5, 5.41) is 0. The summed E-state index contributed by atoms with van der Waals surface area (Å²) < 4.78 is 10.5. The van der Waals surface area contributed by atoms with E-state index in [2.05, 4.69) is 6.92 Å². The summed E-state index contributed by atoms with van der Waals surface area (Å²) in [6, 6.07) is 0. The molecule has 1 atom stereocenters. The second kappa shape index (κ2) is 13.6. The van der Waals surface area contributed by atoms with E-state index in [1.54, 1.807) is 0 Å². The Morgan fingerprint density at radius 2 is 1.38 bits per heavy atom. The zero-order valence-corrected chi connectivity index (χ0v) is 12.3. The molecular weight excluding hydrogens is 240 g/mol. The molecule has 0 saturated carbocycles. The van der Waals surface area contributed by atoms with E-state index in [0.29, 0.717) is 6.61 Å². The van der Waals surface area contributed by atoms with Crippen molar-refractivity contribution < 1.29 is 8.37 Å². The van der Waals surface area contributed by atoms with Crippen LogP contribution in [0.1, 0.15) is 65.2 Å². The molecule has 0 spiro atoms. The lowest BCUT2D eigenvalue weighted by Crippen LogP contribution is -2.01. The maximum absolute atomic E-state index is 5.35. The van der Waals surface area contributed by atoms with Crippen LogP contribution in [0.3, 0.4) is 0 Å². The Hall–Kier alpha value is 0.490. The summed E-state index contributed by atoms with van der Waals surface area (Å²) in [7, 11) is -0.698. The minimum absolute atomic E-state index is 0.643. The molecule has 0 aliphatic carbocycles. The van der Waals surface area contributed by atoms with Gasteiger partial charge in [-0.2, -0.15) is 0 Å². The van der Waals surface area contributed by atoms with Crippen molar-refractivity contribution in [1.82, 2.24) is 0 Å². The monoisotopic (exact) mass is 266 g/mol. The topological polar surface area (TPSA) is 18.5 Å². The van der Waals surface area contributed by atoms with Crippen molar-refractivity contribution in [2.45, 2.75) is 65.2 Å². The van der Waals surface area contributed by atoms with E-state index in [1.807, 2.05) is 6.92 Å². The summed E-state index contributed by atoms with van der Waals surface area (Å²) in [6.45, 7) is 5.58. The summed E-state index contributed by atoms with van der Waals surface area (Å²) >= 11 is 4.97. The van der Waals surface area contributed by atoms with Crippen molar-refractivity contribution in [3.05, 3.63) is 0 Å². The van der Waals surface area contributed by atoms with Crippen LogP contribution in [0.2, 0.25) is 0 Å². The molecule has 0 aromatic heterocycles. The second-order valence-corrected chi connectivity index (χ2v) is 5.60. The standard InChI is InChI=1S/C12H26O2S2/c1-3-5-6-7-8-9-10-11-12-14-16(15)13-4-2/h3-12H2,1-2H3. The third-order valence-corrected chi connectivity index (χ3v) is 3.76. The van der Waals surface area contributed by atoms with E-state index in [-0.39, 0.29) is 0 Å². The van der Waals surface area contributed by atoms with Crippen molar-refractivity contribution in [2.24, 2.45) is 0 Å². The highest BCUT2D eigenvalue weighted by atomic mass is 32.8. The second-order valence-electron chi connectivity index (χ2n) is 3.91. The molecule has 2 nitrogen and oxygen atoms in total. The predicted molar refractivity (Wildman–Crippen MR) is 74.9 cm³/mol. The molecule has 1 unspecified atom stereocenters. The number of unbranched alkanes of at least 4 members (excludes halogenated alkanes) is 7. The van der Waals surface area contributed by atoms with Crippen LogP contribution < -0.4 is 0 Å². The van der Waals surface area contributed by atoms with Crippen molar-refractivity contribution in [2.75, 3.05) is 13.2 Å². The molecule has 0 aliphatic rings. The molecular formula is C12H26O2S2. The lowest BCUT2D eigenvalue weighted by atomic mass is 10.1. The van der Waals surface area contributed by atoms with Crippen LogP contribution >= 0.6 is 0 Å². The minimum Gasteiger partial charge on any atom is -0.291 e. The Morgan fingerprint density at radius 1 is 0.812 bits per heavy atom. The van der Waals surface area contributed by atoms with Gasteiger partial charge < -0.3 is 0 Å². The van der Waals surface area contributed by atoms with Crippen LogP contribution in [-0.2, 0) is 29.6 Å². The molecule has 0 heterocycles. The SMILES string of the molecule is CCCCCCCCCCOS(=S)OCC. The average molecular weight is 266 g/mol. The molecule has 0 fully saturated rings. The molecule has 0 aromatic rings. The van der Waals surface area contributed by atoms with Gasteiger partial charge >= 0.3 is 0 Å². The highest BCUT2D eigenvalue weighted by Gasteiger charge is 1.95. The van der Waals surface area contributed by atoms with Crippen molar-refractivity contribution in [1.29, 1.82) is 0 Å². The number of hydrogen-bond acceptors (Lipinski definition) is 3. The van der Waals surface area contributed by atoms with Gasteiger partial charge in [0, 0.05) is 11.2 Å². The van der Waals surface area contributed by atoms with Gasteiger partial charge in [0.05, 0.1) is 13.2 Å². The predicted octanol–water partition coefficient (Wildman–Crippen LogP) is 4.09. The lowest BCUT2D eigenvalue weighted by Gasteiger charge is -2.05. The Bertz CT molecular complexity index is 163. The zero-order chi connectivity index (χ0) is 12.1. The quantitative estimate of drug-likeness (QED) is 0.496. The van der Waals surface area contributed by atoms with E-state index in [1.165, 1.54) is 44.9 Å². The summed E-state index contributed by atoms with van der Waals surface area (Å²) in [4.78, 5) is 0. The van der Waals surface area contributed by atoms with E-state index >= 15 is 0 Å². The summed E-state index contributed by atoms with van der Waals surface area (Å²) in [5.41, 5.74) is 0. The molecule has 0 radical (unpaired) electrons. The number of hydrogen-bond donors (Lipinski definition) is 0. The Labute approximate surface area is 108 Å². The van der Waals surface area contributed by atoms with E-state index in [9.17, 15) is 0 Å². The fourth-order valence-corrected chi connectivity index (χ4v) is 2.50. The molecule has 98 valence electrons. The van der Waals surface area contributed by atoms with Gasteiger partial charge in [-0.05, 0) is 13.3 Å². The molecule has 0 rings (SSSR count). The lowest BCUT2D eigenvalue weighted by molar-refractivity contribution is 0.281. The van der Waals surface area contributed by atoms with Crippen molar-refractivity contribution >= 4 is 21.2 Å².